The van der Waals surface area contributed by atoms with Crippen molar-refractivity contribution in [1.29, 1.82) is 0 Å². The number of hydrogen-bond donors (Lipinski definition) is 0. The van der Waals surface area contributed by atoms with E-state index in [0.29, 0.717) is 39.0 Å². The Morgan fingerprint density at radius 1 is 1.32 bits per heavy atom. The number of rotatable bonds is 3. The second-order valence-electron chi connectivity index (χ2n) is 4.70. The number of nitrogens with zero attached hydrogens (tertiary/aromatic N) is 2. The van der Waals surface area contributed by atoms with E-state index in [1.165, 1.54) is 10.6 Å². The van der Waals surface area contributed by atoms with E-state index in [4.69, 9.17) is 0 Å². The van der Waals surface area contributed by atoms with Crippen LogP contribution in [-0.4, -0.2) is 56.0 Å². The Bertz CT molecular complexity index is 525. The van der Waals surface area contributed by atoms with Crippen LogP contribution in [0.3, 0.4) is 0 Å². The van der Waals surface area contributed by atoms with E-state index in [1.54, 1.807) is 16.2 Å². The van der Waals surface area contributed by atoms with Crippen molar-refractivity contribution >= 4 is 27.3 Å². The molecule has 0 radical (unpaired) electrons. The highest BCUT2D eigenvalue weighted by Gasteiger charge is 2.23. The van der Waals surface area contributed by atoms with Gasteiger partial charge in [0.2, 0.25) is 15.9 Å². The predicted octanol–water partition coefficient (Wildman–Crippen LogP) is 0.784. The molecule has 0 aromatic carbocycles. The Balaban J connectivity index is 1.94. The number of hydrogen-bond acceptors (Lipinski definition) is 4. The number of amides is 1. The molecule has 0 bridgehead atoms. The van der Waals surface area contributed by atoms with Crippen LogP contribution in [0.15, 0.2) is 16.8 Å². The highest BCUT2D eigenvalue weighted by molar-refractivity contribution is 7.88. The van der Waals surface area contributed by atoms with Gasteiger partial charge in [0.1, 0.15) is 0 Å². The lowest BCUT2D eigenvalue weighted by atomic mass is 10.2. The van der Waals surface area contributed by atoms with E-state index in [2.05, 4.69) is 0 Å². The molecular weight excluding hydrogens is 284 g/mol. The van der Waals surface area contributed by atoms with Gasteiger partial charge in [-0.1, -0.05) is 0 Å². The van der Waals surface area contributed by atoms with Crippen molar-refractivity contribution in [2.75, 3.05) is 32.4 Å². The van der Waals surface area contributed by atoms with Gasteiger partial charge in [-0.2, -0.15) is 11.3 Å². The third kappa shape index (κ3) is 4.02. The molecule has 0 spiro atoms. The van der Waals surface area contributed by atoms with Crippen LogP contribution in [0, 0.1) is 0 Å². The van der Waals surface area contributed by atoms with Crippen molar-refractivity contribution in [2.24, 2.45) is 0 Å². The largest absolute Gasteiger partial charge is 0.341 e. The fourth-order valence-electron chi connectivity index (χ4n) is 2.15. The maximum absolute atomic E-state index is 12.1. The molecule has 5 nitrogen and oxygen atoms in total. The van der Waals surface area contributed by atoms with Gasteiger partial charge in [0.25, 0.3) is 0 Å². The summed E-state index contributed by atoms with van der Waals surface area (Å²) in [6.07, 6.45) is 2.32. The van der Waals surface area contributed by atoms with E-state index < -0.39 is 10.0 Å². The Morgan fingerprint density at radius 3 is 2.74 bits per heavy atom. The zero-order chi connectivity index (χ0) is 13.9. The lowest BCUT2D eigenvalue weighted by Crippen LogP contribution is -2.37. The molecular formula is C12H18N2O3S2. The van der Waals surface area contributed by atoms with Gasteiger partial charge in [-0.15, -0.1) is 0 Å². The molecule has 0 N–H and O–H groups in total. The minimum absolute atomic E-state index is 0.0775. The molecule has 1 aromatic heterocycles. The van der Waals surface area contributed by atoms with E-state index in [1.807, 2.05) is 16.8 Å². The lowest BCUT2D eigenvalue weighted by Gasteiger charge is -2.20. The summed E-state index contributed by atoms with van der Waals surface area (Å²) >= 11 is 1.58. The lowest BCUT2D eigenvalue weighted by molar-refractivity contribution is -0.130. The zero-order valence-electron chi connectivity index (χ0n) is 10.9. The molecule has 19 heavy (non-hydrogen) atoms. The number of carbonyl (C=O) groups is 1. The van der Waals surface area contributed by atoms with E-state index >= 15 is 0 Å². The van der Waals surface area contributed by atoms with Crippen LogP contribution in [0.2, 0.25) is 0 Å². The Labute approximate surface area is 117 Å². The topological polar surface area (TPSA) is 57.7 Å². The molecule has 0 aliphatic carbocycles. The van der Waals surface area contributed by atoms with Crippen molar-refractivity contribution in [2.45, 2.75) is 12.8 Å². The molecule has 1 amide bonds. The first-order valence-corrected chi connectivity index (χ1v) is 9.00. The molecule has 0 saturated carbocycles. The molecule has 1 saturated heterocycles. The maximum Gasteiger partial charge on any atom is 0.227 e. The maximum atomic E-state index is 12.1. The fourth-order valence-corrected chi connectivity index (χ4v) is 3.70. The Kier molecular flexibility index (Phi) is 4.59. The second kappa shape index (κ2) is 6.02. The molecule has 1 aromatic rings. The molecule has 1 aliphatic heterocycles. The first-order valence-electron chi connectivity index (χ1n) is 6.21. The van der Waals surface area contributed by atoms with Crippen molar-refractivity contribution in [1.82, 2.24) is 9.21 Å². The van der Waals surface area contributed by atoms with Gasteiger partial charge in [0.15, 0.2) is 0 Å². The highest BCUT2D eigenvalue weighted by atomic mass is 32.2. The van der Waals surface area contributed by atoms with Crippen LogP contribution in [-0.2, 0) is 21.2 Å². The van der Waals surface area contributed by atoms with Crippen molar-refractivity contribution < 1.29 is 13.2 Å². The van der Waals surface area contributed by atoms with Gasteiger partial charge in [0.05, 0.1) is 12.7 Å². The number of thiophene rings is 1. The summed E-state index contributed by atoms with van der Waals surface area (Å²) in [5.41, 5.74) is 1.03. The Morgan fingerprint density at radius 2 is 2.11 bits per heavy atom. The standard InChI is InChI=1S/C12H18N2O3S2/c1-19(16,17)14-5-2-4-13(6-7-14)12(15)9-11-3-8-18-10-11/h3,8,10H,2,4-7,9H2,1H3. The van der Waals surface area contributed by atoms with E-state index in [0.717, 1.165) is 5.56 Å². The van der Waals surface area contributed by atoms with E-state index in [-0.39, 0.29) is 5.91 Å². The minimum atomic E-state index is -3.15. The third-order valence-corrected chi connectivity index (χ3v) is 5.25. The molecule has 2 heterocycles. The number of carbonyl (C=O) groups excluding carboxylic acids is 1. The monoisotopic (exact) mass is 302 g/mol. The molecule has 2 rings (SSSR count). The van der Waals surface area contributed by atoms with Crippen LogP contribution in [0.5, 0.6) is 0 Å². The second-order valence-corrected chi connectivity index (χ2v) is 7.47. The van der Waals surface area contributed by atoms with Crippen LogP contribution in [0.1, 0.15) is 12.0 Å². The smallest absolute Gasteiger partial charge is 0.227 e. The van der Waals surface area contributed by atoms with E-state index in [9.17, 15) is 13.2 Å². The van der Waals surface area contributed by atoms with Gasteiger partial charge in [0, 0.05) is 26.2 Å². The summed E-state index contributed by atoms with van der Waals surface area (Å²) in [4.78, 5) is 13.9. The summed E-state index contributed by atoms with van der Waals surface area (Å²) in [5.74, 6) is 0.0775. The first kappa shape index (κ1) is 14.5. The van der Waals surface area contributed by atoms with Crippen LogP contribution >= 0.6 is 11.3 Å². The predicted molar refractivity (Wildman–Crippen MR) is 75.6 cm³/mol. The molecule has 1 fully saturated rings. The summed E-state index contributed by atoms with van der Waals surface area (Å²) < 4.78 is 24.4. The summed E-state index contributed by atoms with van der Waals surface area (Å²) in [5, 5.41) is 3.93. The molecule has 106 valence electrons. The van der Waals surface area contributed by atoms with Crippen LogP contribution in [0.4, 0.5) is 0 Å². The average Bonchev–Trinajstić information content (AvgIpc) is 2.69. The van der Waals surface area contributed by atoms with Crippen molar-refractivity contribution in [3.8, 4) is 0 Å². The first-order chi connectivity index (χ1) is 8.97. The fraction of sp³-hybridized carbons (Fsp3) is 0.583. The SMILES string of the molecule is CS(=O)(=O)N1CCCN(C(=O)Cc2ccsc2)CC1. The zero-order valence-corrected chi connectivity index (χ0v) is 12.5. The number of sulfonamides is 1. The molecule has 0 unspecified atom stereocenters. The van der Waals surface area contributed by atoms with Gasteiger partial charge in [-0.05, 0) is 28.8 Å². The molecule has 1 aliphatic rings. The summed E-state index contributed by atoms with van der Waals surface area (Å²) in [7, 11) is -3.15. The average molecular weight is 302 g/mol. The Hall–Kier alpha value is -0.920. The highest BCUT2D eigenvalue weighted by Crippen LogP contribution is 2.11. The summed E-state index contributed by atoms with van der Waals surface area (Å²) in [6, 6.07) is 1.95. The quantitative estimate of drug-likeness (QED) is 0.829. The van der Waals surface area contributed by atoms with Gasteiger partial charge in [-0.25, -0.2) is 12.7 Å². The van der Waals surface area contributed by atoms with Crippen molar-refractivity contribution in [3.63, 3.8) is 0 Å². The van der Waals surface area contributed by atoms with Crippen molar-refractivity contribution in [3.05, 3.63) is 22.4 Å². The van der Waals surface area contributed by atoms with Crippen LogP contribution in [0.25, 0.3) is 0 Å². The van der Waals surface area contributed by atoms with Gasteiger partial charge < -0.3 is 4.90 Å². The minimum Gasteiger partial charge on any atom is -0.341 e. The third-order valence-electron chi connectivity index (χ3n) is 3.21. The van der Waals surface area contributed by atoms with Crippen LogP contribution < -0.4 is 0 Å². The van der Waals surface area contributed by atoms with Gasteiger partial charge in [-0.3, -0.25) is 4.79 Å². The molecule has 0 atom stereocenters. The normalized spacial score (nSPS) is 18.3. The summed E-state index contributed by atoms with van der Waals surface area (Å²) in [6.45, 7) is 2.01. The molecule has 7 heteroatoms. The van der Waals surface area contributed by atoms with Gasteiger partial charge >= 0.3 is 0 Å².